The van der Waals surface area contributed by atoms with Gasteiger partial charge < -0.3 is 19.9 Å². The van der Waals surface area contributed by atoms with Gasteiger partial charge in [0.2, 0.25) is 0 Å². The summed E-state index contributed by atoms with van der Waals surface area (Å²) in [6.45, 7) is 6.95. The van der Waals surface area contributed by atoms with E-state index in [4.69, 9.17) is 30.1 Å². The predicted octanol–water partition coefficient (Wildman–Crippen LogP) is 5.02. The molecule has 2 bridgehead atoms. The molecule has 1 amide bonds. The van der Waals surface area contributed by atoms with E-state index in [1.54, 1.807) is 4.90 Å². The van der Waals surface area contributed by atoms with Gasteiger partial charge >= 0.3 is 6.09 Å². The summed E-state index contributed by atoms with van der Waals surface area (Å²) < 4.78 is 13.6. The van der Waals surface area contributed by atoms with Crippen molar-refractivity contribution < 1.29 is 14.1 Å². The highest BCUT2D eigenvalue weighted by Crippen LogP contribution is 2.63. The Kier molecular flexibility index (Phi) is 5.46. The average molecular weight is 570 g/mol. The molecule has 1 saturated heterocycles. The number of rotatable bonds is 5. The van der Waals surface area contributed by atoms with E-state index < -0.39 is 5.60 Å². The smallest absolute Gasteiger partial charge is 0.410 e. The number of nitrogen functional groups attached to an aromatic ring is 1. The van der Waals surface area contributed by atoms with Crippen LogP contribution in [0.5, 0.6) is 0 Å². The van der Waals surface area contributed by atoms with Crippen molar-refractivity contribution in [3.05, 3.63) is 30.0 Å². The first-order valence-corrected chi connectivity index (χ1v) is 15.0. The number of amides is 1. The quantitative estimate of drug-likeness (QED) is 0.347. The van der Waals surface area contributed by atoms with Crippen molar-refractivity contribution in [3.63, 3.8) is 0 Å². The summed E-state index contributed by atoms with van der Waals surface area (Å²) in [5.41, 5.74) is 9.73. The van der Waals surface area contributed by atoms with Gasteiger partial charge in [-0.1, -0.05) is 5.16 Å². The summed E-state index contributed by atoms with van der Waals surface area (Å²) in [5.74, 6) is 3.09. The number of ether oxygens (including phenoxy) is 1. The third-order valence-corrected chi connectivity index (χ3v) is 9.35. The van der Waals surface area contributed by atoms with Crippen LogP contribution in [0.25, 0.3) is 33.8 Å². The van der Waals surface area contributed by atoms with Gasteiger partial charge in [-0.25, -0.2) is 29.4 Å². The van der Waals surface area contributed by atoms with Crippen molar-refractivity contribution in [2.24, 2.45) is 5.92 Å². The molecule has 12 heteroatoms. The molecule has 4 saturated carbocycles. The van der Waals surface area contributed by atoms with Gasteiger partial charge in [0.15, 0.2) is 17.2 Å². The number of carbonyl (C=O) groups is 1. The zero-order valence-electron chi connectivity index (χ0n) is 24.2. The van der Waals surface area contributed by atoms with Crippen LogP contribution in [0.15, 0.2) is 23.2 Å². The minimum atomic E-state index is -0.502. The molecule has 5 aliphatic rings. The Labute approximate surface area is 243 Å². The fraction of sp³-hybridized carbons (Fsp3) is 0.567. The number of aromatic nitrogens is 7. The number of hydrogen-bond acceptors (Lipinski definition) is 10. The molecular formula is C30H35N9O3. The second-order valence-corrected chi connectivity index (χ2v) is 13.5. The zero-order valence-corrected chi connectivity index (χ0v) is 24.2. The van der Waals surface area contributed by atoms with Crippen LogP contribution in [0.3, 0.4) is 0 Å². The highest BCUT2D eigenvalue weighted by Gasteiger charge is 2.59. The Bertz CT molecular complexity index is 1670. The highest BCUT2D eigenvalue weighted by atomic mass is 16.6. The number of anilines is 1. The van der Waals surface area contributed by atoms with E-state index >= 15 is 0 Å². The molecular weight excluding hydrogens is 534 g/mol. The predicted molar refractivity (Wildman–Crippen MR) is 153 cm³/mol. The normalized spacial score (nSPS) is 24.0. The molecule has 5 heterocycles. The van der Waals surface area contributed by atoms with Crippen molar-refractivity contribution in [3.8, 4) is 22.8 Å². The SMILES string of the molecule is CC(C)(C)OC(=O)N1CCC(c2cnc(-c3c(-c4nn(C56CC(C5)C6)c5ncnc(N)c45)noc3C3CC3)nc2)CC1. The number of nitrogens with two attached hydrogens (primary N) is 1. The molecule has 4 aromatic heterocycles. The van der Waals surface area contributed by atoms with E-state index in [-0.39, 0.29) is 17.6 Å². The fourth-order valence-corrected chi connectivity index (χ4v) is 6.87. The summed E-state index contributed by atoms with van der Waals surface area (Å²) in [6.07, 6.45) is 12.2. The van der Waals surface area contributed by atoms with Crippen LogP contribution >= 0.6 is 0 Å². The maximum atomic E-state index is 12.5. The Hall–Kier alpha value is -4.09. The lowest BCUT2D eigenvalue weighted by atomic mass is 9.50. The molecule has 42 heavy (non-hydrogen) atoms. The average Bonchev–Trinajstić information content (AvgIpc) is 3.55. The number of carbonyl (C=O) groups excluding carboxylic acids is 1. The van der Waals surface area contributed by atoms with Crippen molar-refractivity contribution in [1.29, 1.82) is 0 Å². The summed E-state index contributed by atoms with van der Waals surface area (Å²) in [7, 11) is 0. The first-order valence-electron chi connectivity index (χ1n) is 15.0. The maximum absolute atomic E-state index is 12.5. The van der Waals surface area contributed by atoms with Gasteiger partial charge in [-0.05, 0) is 83.1 Å². The maximum Gasteiger partial charge on any atom is 0.410 e. The first-order chi connectivity index (χ1) is 20.2. The van der Waals surface area contributed by atoms with Gasteiger partial charge in [0.1, 0.15) is 29.1 Å². The Morgan fingerprint density at radius 3 is 2.33 bits per heavy atom. The second-order valence-electron chi connectivity index (χ2n) is 13.5. The van der Waals surface area contributed by atoms with Crippen molar-refractivity contribution in [2.45, 2.75) is 88.7 Å². The lowest BCUT2D eigenvalue weighted by molar-refractivity contribution is -0.0946. The van der Waals surface area contributed by atoms with Crippen LogP contribution in [-0.2, 0) is 10.3 Å². The van der Waals surface area contributed by atoms with Crippen LogP contribution in [0.4, 0.5) is 10.6 Å². The van der Waals surface area contributed by atoms with Crippen molar-refractivity contribution >= 4 is 22.9 Å². The van der Waals surface area contributed by atoms with Crippen molar-refractivity contribution in [2.75, 3.05) is 18.8 Å². The number of hydrogen-bond donors (Lipinski definition) is 1. The molecule has 0 radical (unpaired) electrons. The summed E-state index contributed by atoms with van der Waals surface area (Å²) in [4.78, 5) is 32.8. The molecule has 1 aliphatic heterocycles. The van der Waals surface area contributed by atoms with Gasteiger partial charge in [-0.3, -0.25) is 0 Å². The number of piperidine rings is 1. The Morgan fingerprint density at radius 2 is 1.71 bits per heavy atom. The first kappa shape index (κ1) is 25.6. The lowest BCUT2D eigenvalue weighted by Crippen LogP contribution is -2.59. The van der Waals surface area contributed by atoms with E-state index in [0.717, 1.165) is 73.4 Å². The highest BCUT2D eigenvalue weighted by molar-refractivity contribution is 6.00. The molecule has 0 aromatic carbocycles. The van der Waals surface area contributed by atoms with E-state index in [2.05, 4.69) is 19.8 Å². The third kappa shape index (κ3) is 4.05. The molecule has 218 valence electrons. The van der Waals surface area contributed by atoms with Crippen LogP contribution in [0.2, 0.25) is 0 Å². The van der Waals surface area contributed by atoms with E-state index in [9.17, 15) is 4.79 Å². The Balaban J connectivity index is 1.11. The molecule has 0 atom stereocenters. The number of nitrogens with zero attached hydrogens (tertiary/aromatic N) is 8. The summed E-state index contributed by atoms with van der Waals surface area (Å²) >= 11 is 0. The largest absolute Gasteiger partial charge is 0.444 e. The molecule has 12 nitrogen and oxygen atoms in total. The molecule has 4 aromatic rings. The minimum absolute atomic E-state index is 0.0163. The molecule has 4 aliphatic carbocycles. The fourth-order valence-electron chi connectivity index (χ4n) is 6.87. The number of fused-ring (bicyclic) bond motifs is 1. The second kappa shape index (κ2) is 8.95. The molecule has 0 spiro atoms. The van der Waals surface area contributed by atoms with Gasteiger partial charge in [-0.2, -0.15) is 5.10 Å². The summed E-state index contributed by atoms with van der Waals surface area (Å²) in [5, 5.41) is 10.3. The van der Waals surface area contributed by atoms with Gasteiger partial charge in [0, 0.05) is 31.4 Å². The van der Waals surface area contributed by atoms with E-state index in [0.29, 0.717) is 47.4 Å². The topological polar surface area (TPSA) is 151 Å². The van der Waals surface area contributed by atoms with Gasteiger partial charge in [0.05, 0.1) is 16.5 Å². The van der Waals surface area contributed by atoms with Crippen LogP contribution in [-0.4, -0.2) is 64.6 Å². The third-order valence-electron chi connectivity index (χ3n) is 9.35. The Morgan fingerprint density at radius 1 is 1.00 bits per heavy atom. The molecule has 2 N–H and O–H groups in total. The van der Waals surface area contributed by atoms with Crippen molar-refractivity contribution in [1.82, 2.24) is 39.8 Å². The van der Waals surface area contributed by atoms with E-state index in [1.807, 2.05) is 33.2 Å². The molecule has 5 fully saturated rings. The minimum Gasteiger partial charge on any atom is -0.444 e. The standard InChI is InChI=1S/C30H35N9O3/c1-29(2,3)41-28(40)38-8-6-17(7-9-38)19-13-32-26(33-14-19)20-23(37-42-24(20)18-4-5-18)22-21-25(31)34-15-35-27(21)39(36-22)30-10-16(11-30)12-30/h13-18H,4-12H2,1-3H3,(H2,31,34,35). The van der Waals surface area contributed by atoms with Gasteiger partial charge in [0.25, 0.3) is 0 Å². The van der Waals surface area contributed by atoms with Crippen LogP contribution in [0, 0.1) is 5.92 Å². The van der Waals surface area contributed by atoms with E-state index in [1.165, 1.54) is 6.33 Å². The van der Waals surface area contributed by atoms with Crippen LogP contribution < -0.4 is 5.73 Å². The molecule has 9 rings (SSSR count). The van der Waals surface area contributed by atoms with Gasteiger partial charge in [-0.15, -0.1) is 0 Å². The lowest BCUT2D eigenvalue weighted by Gasteiger charge is -2.61. The molecule has 0 unspecified atom stereocenters. The summed E-state index contributed by atoms with van der Waals surface area (Å²) in [6, 6.07) is 0. The monoisotopic (exact) mass is 569 g/mol. The van der Waals surface area contributed by atoms with Crippen LogP contribution in [0.1, 0.15) is 88.9 Å². The number of likely N-dealkylation sites (tertiary alicyclic amines) is 1. The zero-order chi connectivity index (χ0) is 28.8.